The molecule has 0 saturated carbocycles. The molecule has 0 spiro atoms. The summed E-state index contributed by atoms with van der Waals surface area (Å²) in [5.74, 6) is -1.32. The number of halogens is 3. The minimum Gasteiger partial charge on any atom is -0.494 e. The summed E-state index contributed by atoms with van der Waals surface area (Å²) >= 11 is 0. The summed E-state index contributed by atoms with van der Waals surface area (Å²) in [6.07, 6.45) is 0.919. The van der Waals surface area contributed by atoms with Crippen molar-refractivity contribution in [2.45, 2.75) is 13.1 Å². The van der Waals surface area contributed by atoms with Crippen LogP contribution in [-0.2, 0) is 11.0 Å². The van der Waals surface area contributed by atoms with Crippen LogP contribution in [0, 0.1) is 0 Å². The summed E-state index contributed by atoms with van der Waals surface area (Å²) < 4.78 is 49.5. The lowest BCUT2D eigenvalue weighted by Crippen LogP contribution is -2.16. The molecule has 7 nitrogen and oxygen atoms in total. The molecule has 2 aromatic carbocycles. The number of rotatable bonds is 7. The van der Waals surface area contributed by atoms with Gasteiger partial charge in [0.05, 0.1) is 30.1 Å². The van der Waals surface area contributed by atoms with Gasteiger partial charge in [-0.2, -0.15) is 23.4 Å². The fourth-order valence-corrected chi connectivity index (χ4v) is 2.71. The molecule has 1 heterocycles. The highest BCUT2D eigenvalue weighted by atomic mass is 19.4. The van der Waals surface area contributed by atoms with Crippen molar-refractivity contribution in [3.05, 3.63) is 83.7 Å². The standard InChI is InChI=1S/C23H18F3N3O4/c1-2-32-18-7-8-19(22(31)29-17-5-3-4-16(12-17)23(24,25)26)20(13-18)33-21(30)9-6-15-10-11-27-28-14-15/h3-14H,2H2,1H3,(H,29,31)/b9-6+. The number of carbonyl (C=O) groups is 2. The molecule has 0 bridgehead atoms. The molecule has 10 heteroatoms. The van der Waals surface area contributed by atoms with E-state index in [9.17, 15) is 22.8 Å². The molecule has 0 radical (unpaired) electrons. The number of aromatic nitrogens is 2. The lowest BCUT2D eigenvalue weighted by atomic mass is 10.1. The molecule has 0 aliphatic rings. The van der Waals surface area contributed by atoms with Gasteiger partial charge in [-0.25, -0.2) is 4.79 Å². The highest BCUT2D eigenvalue weighted by molar-refractivity contribution is 6.07. The summed E-state index contributed by atoms with van der Waals surface area (Å²) in [6.45, 7) is 2.09. The Labute approximate surface area is 186 Å². The molecule has 170 valence electrons. The molecule has 3 rings (SSSR count). The molecular weight excluding hydrogens is 439 g/mol. The van der Waals surface area contributed by atoms with Crippen molar-refractivity contribution in [3.63, 3.8) is 0 Å². The maximum Gasteiger partial charge on any atom is 0.416 e. The minimum absolute atomic E-state index is 0.0638. The molecule has 0 fully saturated rings. The van der Waals surface area contributed by atoms with Crippen LogP contribution in [0.25, 0.3) is 6.08 Å². The van der Waals surface area contributed by atoms with E-state index in [-0.39, 0.29) is 17.0 Å². The average molecular weight is 457 g/mol. The first-order chi connectivity index (χ1) is 15.8. The molecule has 0 aliphatic heterocycles. The molecule has 0 unspecified atom stereocenters. The van der Waals surface area contributed by atoms with Crippen LogP contribution in [-0.4, -0.2) is 28.7 Å². The number of esters is 1. The second-order valence-electron chi connectivity index (χ2n) is 6.55. The van der Waals surface area contributed by atoms with Crippen LogP contribution in [0.3, 0.4) is 0 Å². The number of nitrogens with zero attached hydrogens (tertiary/aromatic N) is 2. The van der Waals surface area contributed by atoms with Gasteiger partial charge in [0.15, 0.2) is 0 Å². The van der Waals surface area contributed by atoms with E-state index in [0.29, 0.717) is 17.9 Å². The topological polar surface area (TPSA) is 90.4 Å². The van der Waals surface area contributed by atoms with Crippen LogP contribution in [0.1, 0.15) is 28.4 Å². The number of alkyl halides is 3. The first-order valence-corrected chi connectivity index (χ1v) is 9.68. The van der Waals surface area contributed by atoms with Crippen LogP contribution in [0.4, 0.5) is 18.9 Å². The van der Waals surface area contributed by atoms with E-state index in [2.05, 4.69) is 15.5 Å². The van der Waals surface area contributed by atoms with Crippen molar-refractivity contribution in [1.29, 1.82) is 0 Å². The predicted molar refractivity (Wildman–Crippen MR) is 114 cm³/mol. The lowest BCUT2D eigenvalue weighted by Gasteiger charge is -2.13. The van der Waals surface area contributed by atoms with Gasteiger partial charge < -0.3 is 14.8 Å². The van der Waals surface area contributed by atoms with E-state index in [0.717, 1.165) is 18.2 Å². The van der Waals surface area contributed by atoms with Gasteiger partial charge in [-0.1, -0.05) is 6.07 Å². The van der Waals surface area contributed by atoms with Gasteiger partial charge in [-0.05, 0) is 55.0 Å². The number of hydrogen-bond acceptors (Lipinski definition) is 6. The normalized spacial score (nSPS) is 11.3. The Hall–Kier alpha value is -4.21. The maximum atomic E-state index is 13.0. The van der Waals surface area contributed by atoms with Crippen LogP contribution in [0.5, 0.6) is 11.5 Å². The first-order valence-electron chi connectivity index (χ1n) is 9.68. The average Bonchev–Trinajstić information content (AvgIpc) is 2.78. The van der Waals surface area contributed by atoms with E-state index in [1.54, 1.807) is 13.0 Å². The fraction of sp³-hybridized carbons (Fsp3) is 0.130. The fourth-order valence-electron chi connectivity index (χ4n) is 2.71. The second-order valence-corrected chi connectivity index (χ2v) is 6.55. The lowest BCUT2D eigenvalue weighted by molar-refractivity contribution is -0.137. The maximum absolute atomic E-state index is 13.0. The van der Waals surface area contributed by atoms with E-state index >= 15 is 0 Å². The third kappa shape index (κ3) is 6.63. The van der Waals surface area contributed by atoms with Crippen molar-refractivity contribution in [1.82, 2.24) is 10.2 Å². The number of hydrogen-bond donors (Lipinski definition) is 1. The van der Waals surface area contributed by atoms with Crippen LogP contribution in [0.15, 0.2) is 67.0 Å². The van der Waals surface area contributed by atoms with Gasteiger partial charge in [0.1, 0.15) is 11.5 Å². The SMILES string of the molecule is CCOc1ccc(C(=O)Nc2cccc(C(F)(F)F)c2)c(OC(=O)/C=C/c2ccnnc2)c1. The van der Waals surface area contributed by atoms with E-state index in [1.165, 1.54) is 48.8 Å². The zero-order valence-electron chi connectivity index (χ0n) is 17.3. The third-order valence-corrected chi connectivity index (χ3v) is 4.19. The molecular formula is C23H18F3N3O4. The number of amides is 1. The Bertz CT molecular complexity index is 1170. The number of nitrogens with one attached hydrogen (secondary N) is 1. The smallest absolute Gasteiger partial charge is 0.416 e. The molecule has 0 atom stereocenters. The van der Waals surface area contributed by atoms with Gasteiger partial charge >= 0.3 is 12.1 Å². The van der Waals surface area contributed by atoms with Crippen molar-refractivity contribution in [3.8, 4) is 11.5 Å². The van der Waals surface area contributed by atoms with Gasteiger partial charge in [0.25, 0.3) is 5.91 Å². The quantitative estimate of drug-likeness (QED) is 0.312. The minimum atomic E-state index is -4.56. The van der Waals surface area contributed by atoms with E-state index < -0.39 is 23.6 Å². The van der Waals surface area contributed by atoms with Crippen molar-refractivity contribution >= 4 is 23.6 Å². The highest BCUT2D eigenvalue weighted by Crippen LogP contribution is 2.31. The molecule has 1 amide bonds. The Balaban J connectivity index is 1.83. The van der Waals surface area contributed by atoms with Crippen LogP contribution in [0.2, 0.25) is 0 Å². The van der Waals surface area contributed by atoms with E-state index in [4.69, 9.17) is 9.47 Å². The first kappa shape index (κ1) is 23.5. The monoisotopic (exact) mass is 457 g/mol. The van der Waals surface area contributed by atoms with Crippen molar-refractivity contribution < 1.29 is 32.2 Å². The van der Waals surface area contributed by atoms with Gasteiger partial charge in [-0.15, -0.1) is 0 Å². The highest BCUT2D eigenvalue weighted by Gasteiger charge is 2.30. The molecule has 1 aromatic heterocycles. The van der Waals surface area contributed by atoms with Gasteiger partial charge in [0.2, 0.25) is 0 Å². The molecule has 33 heavy (non-hydrogen) atoms. The third-order valence-electron chi connectivity index (χ3n) is 4.19. The van der Waals surface area contributed by atoms with Crippen molar-refractivity contribution in [2.75, 3.05) is 11.9 Å². The predicted octanol–water partition coefficient (Wildman–Crippen LogP) is 4.77. The Morgan fingerprint density at radius 1 is 1.09 bits per heavy atom. The number of ether oxygens (including phenoxy) is 2. The molecule has 0 aliphatic carbocycles. The second kappa shape index (κ2) is 10.4. The summed E-state index contributed by atoms with van der Waals surface area (Å²) in [5, 5.41) is 9.70. The largest absolute Gasteiger partial charge is 0.494 e. The molecule has 3 aromatic rings. The summed E-state index contributed by atoms with van der Waals surface area (Å²) in [5.41, 5.74) is -0.434. The van der Waals surface area contributed by atoms with Crippen LogP contribution < -0.4 is 14.8 Å². The molecule has 1 N–H and O–H groups in total. The summed E-state index contributed by atoms with van der Waals surface area (Å²) in [7, 11) is 0. The van der Waals surface area contributed by atoms with E-state index in [1.807, 2.05) is 0 Å². The van der Waals surface area contributed by atoms with Crippen molar-refractivity contribution in [2.24, 2.45) is 0 Å². The Morgan fingerprint density at radius 3 is 2.61 bits per heavy atom. The zero-order valence-corrected chi connectivity index (χ0v) is 17.3. The number of benzene rings is 2. The number of anilines is 1. The summed E-state index contributed by atoms with van der Waals surface area (Å²) in [4.78, 5) is 25.1. The van der Waals surface area contributed by atoms with Gasteiger partial charge in [0, 0.05) is 17.8 Å². The number of carbonyl (C=O) groups excluding carboxylic acids is 2. The van der Waals surface area contributed by atoms with Gasteiger partial charge in [-0.3, -0.25) is 4.79 Å². The zero-order chi connectivity index (χ0) is 23.8. The summed E-state index contributed by atoms with van der Waals surface area (Å²) in [6, 6.07) is 10.0. The Morgan fingerprint density at radius 2 is 1.91 bits per heavy atom. The van der Waals surface area contributed by atoms with Crippen LogP contribution >= 0.6 is 0 Å². The Kier molecular flexibility index (Phi) is 7.39. The molecule has 0 saturated heterocycles.